The van der Waals surface area contributed by atoms with Crippen LogP contribution in [0.25, 0.3) is 0 Å². The molecule has 1 fully saturated rings. The van der Waals surface area contributed by atoms with Crippen LogP contribution < -0.4 is 5.32 Å². The molecule has 0 bridgehead atoms. The molecule has 2 aromatic carbocycles. The molecule has 1 aliphatic rings. The molecule has 0 aliphatic heterocycles. The summed E-state index contributed by atoms with van der Waals surface area (Å²) >= 11 is 15.0. The first-order valence-electron chi connectivity index (χ1n) is 10.1. The maximum Gasteiger partial charge on any atom is 0.342 e. The van der Waals surface area contributed by atoms with Gasteiger partial charge in [0.2, 0.25) is 0 Å². The molecule has 30 heavy (non-hydrogen) atoms. The highest BCUT2D eigenvalue weighted by atomic mass is 127. The van der Waals surface area contributed by atoms with Gasteiger partial charge in [0.15, 0.2) is 6.79 Å². The number of alkyl halides is 1. The Morgan fingerprint density at radius 2 is 1.87 bits per heavy atom. The third-order valence-electron chi connectivity index (χ3n) is 4.86. The van der Waals surface area contributed by atoms with Crippen molar-refractivity contribution < 1.29 is 14.3 Å². The molecule has 0 saturated heterocycles. The quantitative estimate of drug-likeness (QED) is 0.123. The number of aryl methyl sites for hydroxylation is 1. The molecule has 1 N–H and O–H groups in total. The number of carbonyl (C=O) groups excluding carboxylic acids is 1. The van der Waals surface area contributed by atoms with Crippen LogP contribution in [0.1, 0.15) is 48.5 Å². The number of benzene rings is 2. The minimum absolute atomic E-state index is 0.0877. The molecule has 7 heteroatoms. The fraction of sp³-hybridized carbons (Fsp3) is 0.435. The zero-order chi connectivity index (χ0) is 21.9. The number of nitrogens with one attached hydrogen (secondary N) is 1. The molecule has 3 rings (SSSR count). The van der Waals surface area contributed by atoms with E-state index in [9.17, 15) is 4.79 Å². The molecule has 0 atom stereocenters. The first kappa shape index (κ1) is 25.2. The van der Waals surface area contributed by atoms with Gasteiger partial charge in [-0.2, -0.15) is 0 Å². The summed E-state index contributed by atoms with van der Waals surface area (Å²) in [5.41, 5.74) is 2.37. The number of rotatable bonds is 7. The molecule has 4 nitrogen and oxygen atoms in total. The maximum absolute atomic E-state index is 12.2. The van der Waals surface area contributed by atoms with Crippen LogP contribution in [0.5, 0.6) is 0 Å². The number of esters is 1. The zero-order valence-electron chi connectivity index (χ0n) is 17.3. The lowest BCUT2D eigenvalue weighted by Gasteiger charge is -2.15. The highest BCUT2D eigenvalue weighted by Gasteiger charge is 2.15. The Hall–Kier alpha value is -1.02. The van der Waals surface area contributed by atoms with Crippen LogP contribution in [0.15, 0.2) is 36.4 Å². The van der Waals surface area contributed by atoms with E-state index in [2.05, 4.69) is 27.9 Å². The van der Waals surface area contributed by atoms with E-state index in [0.717, 1.165) is 11.5 Å². The largest absolute Gasteiger partial charge is 0.435 e. The summed E-state index contributed by atoms with van der Waals surface area (Å²) in [5, 5.41) is 4.10. The summed E-state index contributed by atoms with van der Waals surface area (Å²) in [4.78, 5) is 12.2. The molecular weight excluding hydrogens is 536 g/mol. The summed E-state index contributed by atoms with van der Waals surface area (Å²) < 4.78 is 11.5. The van der Waals surface area contributed by atoms with Gasteiger partial charge in [-0.15, -0.1) is 0 Å². The van der Waals surface area contributed by atoms with Gasteiger partial charge >= 0.3 is 5.97 Å². The van der Waals surface area contributed by atoms with Crippen molar-refractivity contribution in [2.75, 3.05) is 23.1 Å². The van der Waals surface area contributed by atoms with Crippen molar-refractivity contribution in [2.24, 2.45) is 5.92 Å². The lowest BCUT2D eigenvalue weighted by Crippen LogP contribution is -2.11. The van der Waals surface area contributed by atoms with Crippen molar-refractivity contribution in [2.45, 2.75) is 39.5 Å². The fourth-order valence-electron chi connectivity index (χ4n) is 3.10. The van der Waals surface area contributed by atoms with E-state index >= 15 is 0 Å². The summed E-state index contributed by atoms with van der Waals surface area (Å²) in [6.07, 6.45) is 5.99. The number of carbonyl (C=O) groups is 1. The minimum atomic E-state index is -0.485. The van der Waals surface area contributed by atoms with Gasteiger partial charge in [0.05, 0.1) is 27.0 Å². The second-order valence-corrected chi connectivity index (χ2v) is 8.74. The van der Waals surface area contributed by atoms with Gasteiger partial charge < -0.3 is 14.8 Å². The molecule has 0 aromatic heterocycles. The molecule has 0 radical (unpaired) electrons. The van der Waals surface area contributed by atoms with Crippen LogP contribution in [-0.2, 0) is 9.47 Å². The van der Waals surface area contributed by atoms with Crippen LogP contribution in [-0.4, -0.2) is 23.8 Å². The SMILES string of the molecule is CCOCOC(=O)c1ccccc1Nc1c(Cl)ccc(C)c1Cl.ICC1CCCC1. The van der Waals surface area contributed by atoms with Crippen molar-refractivity contribution in [3.63, 3.8) is 0 Å². The van der Waals surface area contributed by atoms with Crippen molar-refractivity contribution in [1.29, 1.82) is 0 Å². The topological polar surface area (TPSA) is 47.6 Å². The molecule has 164 valence electrons. The van der Waals surface area contributed by atoms with E-state index < -0.39 is 5.97 Å². The van der Waals surface area contributed by atoms with Gasteiger partial charge in [-0.1, -0.05) is 76.8 Å². The highest BCUT2D eigenvalue weighted by Crippen LogP contribution is 2.36. The molecule has 0 amide bonds. The predicted octanol–water partition coefficient (Wildman–Crippen LogP) is 7.81. The summed E-state index contributed by atoms with van der Waals surface area (Å²) in [7, 11) is 0. The fourth-order valence-corrected chi connectivity index (χ4v) is 4.44. The second kappa shape index (κ2) is 13.4. The van der Waals surface area contributed by atoms with Crippen LogP contribution in [0.4, 0.5) is 11.4 Å². The summed E-state index contributed by atoms with van der Waals surface area (Å²) in [5.74, 6) is 0.599. The molecule has 1 aliphatic carbocycles. The standard InChI is InChI=1S/C17H17Cl2NO3.C6H11I/c1-3-22-10-23-17(21)12-6-4-5-7-14(12)20-16-13(18)9-8-11(2)15(16)19;7-5-6-3-1-2-4-6/h4-9,20H,3,10H2,1-2H3;6H,1-5H2. The zero-order valence-corrected chi connectivity index (χ0v) is 21.0. The molecule has 0 spiro atoms. The number of hydrogen-bond donors (Lipinski definition) is 1. The predicted molar refractivity (Wildman–Crippen MR) is 134 cm³/mol. The number of halogens is 3. The van der Waals surface area contributed by atoms with Crippen LogP contribution in [0.2, 0.25) is 10.0 Å². The first-order chi connectivity index (χ1) is 14.5. The smallest absolute Gasteiger partial charge is 0.342 e. The van der Waals surface area contributed by atoms with Crippen LogP contribution >= 0.6 is 45.8 Å². The second-order valence-electron chi connectivity index (χ2n) is 7.07. The number of para-hydroxylation sites is 1. The average Bonchev–Trinajstić information content (AvgIpc) is 3.29. The van der Waals surface area contributed by atoms with Gasteiger partial charge in [-0.25, -0.2) is 4.79 Å². The number of ether oxygens (including phenoxy) is 2. The Labute approximate surface area is 202 Å². The van der Waals surface area contributed by atoms with E-state index in [0.29, 0.717) is 33.6 Å². The van der Waals surface area contributed by atoms with Crippen LogP contribution in [0.3, 0.4) is 0 Å². The summed E-state index contributed by atoms with van der Waals surface area (Å²) in [6, 6.07) is 10.6. The molecule has 0 heterocycles. The highest BCUT2D eigenvalue weighted by molar-refractivity contribution is 14.1. The van der Waals surface area contributed by atoms with Crippen LogP contribution in [0, 0.1) is 12.8 Å². The van der Waals surface area contributed by atoms with Crippen molar-refractivity contribution >= 4 is 63.1 Å². The Kier molecular flexibility index (Phi) is 11.3. The van der Waals surface area contributed by atoms with Gasteiger partial charge in [-0.05, 0) is 56.4 Å². The van der Waals surface area contributed by atoms with E-state index in [4.69, 9.17) is 32.7 Å². The first-order valence-corrected chi connectivity index (χ1v) is 12.4. The molecule has 2 aromatic rings. The molecule has 1 saturated carbocycles. The van der Waals surface area contributed by atoms with Crippen molar-refractivity contribution in [3.8, 4) is 0 Å². The Balaban J connectivity index is 0.000000386. The van der Waals surface area contributed by atoms with E-state index in [-0.39, 0.29) is 6.79 Å². The Morgan fingerprint density at radius 3 is 2.50 bits per heavy atom. The van der Waals surface area contributed by atoms with Gasteiger partial charge in [0.25, 0.3) is 0 Å². The van der Waals surface area contributed by atoms with Gasteiger partial charge in [-0.3, -0.25) is 0 Å². The Bertz CT molecular complexity index is 826. The van der Waals surface area contributed by atoms with Gasteiger partial charge in [0.1, 0.15) is 0 Å². The number of anilines is 2. The van der Waals surface area contributed by atoms with Gasteiger partial charge in [0, 0.05) is 11.0 Å². The monoisotopic (exact) mass is 563 g/mol. The molecule has 0 unspecified atom stereocenters. The minimum Gasteiger partial charge on any atom is -0.435 e. The number of hydrogen-bond acceptors (Lipinski definition) is 4. The maximum atomic E-state index is 12.2. The summed E-state index contributed by atoms with van der Waals surface area (Å²) in [6.45, 7) is 4.09. The van der Waals surface area contributed by atoms with E-state index in [1.165, 1.54) is 30.1 Å². The lowest BCUT2D eigenvalue weighted by atomic mass is 10.1. The lowest BCUT2D eigenvalue weighted by molar-refractivity contribution is -0.0273. The Morgan fingerprint density at radius 1 is 1.17 bits per heavy atom. The average molecular weight is 564 g/mol. The van der Waals surface area contributed by atoms with Crippen molar-refractivity contribution in [3.05, 3.63) is 57.6 Å². The van der Waals surface area contributed by atoms with Crippen molar-refractivity contribution in [1.82, 2.24) is 0 Å². The van der Waals surface area contributed by atoms with E-state index in [1.54, 1.807) is 30.3 Å². The third-order valence-corrected chi connectivity index (χ3v) is 6.91. The normalized spacial score (nSPS) is 13.5. The van der Waals surface area contributed by atoms with E-state index in [1.807, 2.05) is 19.9 Å². The molecular formula is C23H28Cl2INO3. The third kappa shape index (κ3) is 7.59.